The largest absolute Gasteiger partial charge is 0.346 e. The summed E-state index contributed by atoms with van der Waals surface area (Å²) in [5, 5.41) is 17.7. The molecule has 0 spiro atoms. The Morgan fingerprint density at radius 3 is 1.86 bits per heavy atom. The molecule has 74 valence electrons. The second kappa shape index (κ2) is 5.41. The standard InChI is InChI=1S/C9H12N4S/c10-3-1-5-12-7-8-13(9(12)14)6-2-4-11/h1-2,5-8H2. The fourth-order valence-corrected chi connectivity index (χ4v) is 1.78. The average Bonchev–Trinajstić information content (AvgIpc) is 2.54. The summed E-state index contributed by atoms with van der Waals surface area (Å²) < 4.78 is 0. The molecule has 14 heavy (non-hydrogen) atoms. The SMILES string of the molecule is N#CCCN1CCN(CCC#N)C1=S. The molecular formula is C9H12N4S. The van der Waals surface area contributed by atoms with Gasteiger partial charge in [0, 0.05) is 26.2 Å². The van der Waals surface area contributed by atoms with Crippen LogP contribution in [0.15, 0.2) is 0 Å². The van der Waals surface area contributed by atoms with E-state index in [1.807, 2.05) is 9.80 Å². The Morgan fingerprint density at radius 1 is 1.07 bits per heavy atom. The molecule has 0 aromatic carbocycles. The van der Waals surface area contributed by atoms with Crippen molar-refractivity contribution in [3.8, 4) is 12.1 Å². The first kappa shape index (κ1) is 10.7. The summed E-state index contributed by atoms with van der Waals surface area (Å²) in [5.41, 5.74) is 0. The normalized spacial score (nSPS) is 15.4. The molecular weight excluding hydrogens is 196 g/mol. The van der Waals surface area contributed by atoms with Crippen LogP contribution in [0.4, 0.5) is 0 Å². The van der Waals surface area contributed by atoms with Gasteiger partial charge in [-0.2, -0.15) is 10.5 Å². The maximum atomic E-state index is 8.44. The summed E-state index contributed by atoms with van der Waals surface area (Å²) in [6.07, 6.45) is 1.01. The van der Waals surface area contributed by atoms with Crippen LogP contribution in [0.2, 0.25) is 0 Å². The third kappa shape index (κ3) is 2.58. The molecule has 0 aliphatic carbocycles. The first-order valence-electron chi connectivity index (χ1n) is 4.57. The van der Waals surface area contributed by atoms with Gasteiger partial charge in [0.25, 0.3) is 0 Å². The number of nitriles is 2. The topological polar surface area (TPSA) is 54.1 Å². The van der Waals surface area contributed by atoms with E-state index in [0.717, 1.165) is 18.2 Å². The molecule has 1 rings (SSSR count). The molecule has 0 N–H and O–H groups in total. The van der Waals surface area contributed by atoms with Crippen molar-refractivity contribution in [2.24, 2.45) is 0 Å². The fourth-order valence-electron chi connectivity index (χ4n) is 1.42. The van der Waals surface area contributed by atoms with Crippen molar-refractivity contribution in [3.63, 3.8) is 0 Å². The zero-order valence-corrected chi connectivity index (χ0v) is 8.76. The molecule has 0 saturated carbocycles. The monoisotopic (exact) mass is 208 g/mol. The van der Waals surface area contributed by atoms with Crippen LogP contribution in [0.3, 0.4) is 0 Å². The molecule has 0 bridgehead atoms. The van der Waals surface area contributed by atoms with Crippen molar-refractivity contribution in [1.29, 1.82) is 10.5 Å². The van der Waals surface area contributed by atoms with Crippen LogP contribution in [0.25, 0.3) is 0 Å². The van der Waals surface area contributed by atoms with E-state index in [0.29, 0.717) is 25.9 Å². The van der Waals surface area contributed by atoms with E-state index in [2.05, 4.69) is 12.1 Å². The third-order valence-electron chi connectivity index (χ3n) is 2.17. The minimum atomic E-state index is 0.506. The first-order chi connectivity index (χ1) is 6.79. The maximum absolute atomic E-state index is 8.44. The summed E-state index contributed by atoms with van der Waals surface area (Å²) in [6, 6.07) is 4.20. The van der Waals surface area contributed by atoms with Crippen LogP contribution < -0.4 is 0 Å². The number of thiocarbonyl (C=S) groups is 1. The van der Waals surface area contributed by atoms with Gasteiger partial charge >= 0.3 is 0 Å². The van der Waals surface area contributed by atoms with E-state index in [-0.39, 0.29) is 0 Å². The highest BCUT2D eigenvalue weighted by atomic mass is 32.1. The lowest BCUT2D eigenvalue weighted by molar-refractivity contribution is 0.472. The predicted octanol–water partition coefficient (Wildman–Crippen LogP) is 0.716. The van der Waals surface area contributed by atoms with Crippen molar-refractivity contribution in [2.75, 3.05) is 26.2 Å². The van der Waals surface area contributed by atoms with Crippen LogP contribution in [0, 0.1) is 22.7 Å². The molecule has 0 atom stereocenters. The van der Waals surface area contributed by atoms with E-state index in [4.69, 9.17) is 22.7 Å². The molecule has 1 fully saturated rings. The fraction of sp³-hybridized carbons (Fsp3) is 0.667. The van der Waals surface area contributed by atoms with Gasteiger partial charge in [0.1, 0.15) is 0 Å². The molecule has 0 unspecified atom stereocenters. The van der Waals surface area contributed by atoms with Gasteiger partial charge in [0.15, 0.2) is 5.11 Å². The second-order valence-electron chi connectivity index (χ2n) is 3.07. The van der Waals surface area contributed by atoms with E-state index in [1.54, 1.807) is 0 Å². The maximum Gasteiger partial charge on any atom is 0.171 e. The Hall–Kier alpha value is -1.33. The van der Waals surface area contributed by atoms with Crippen LogP contribution in [0.1, 0.15) is 12.8 Å². The average molecular weight is 208 g/mol. The van der Waals surface area contributed by atoms with Gasteiger partial charge in [-0.15, -0.1) is 0 Å². The highest BCUT2D eigenvalue weighted by Crippen LogP contribution is 2.09. The smallest absolute Gasteiger partial charge is 0.171 e. The molecule has 0 radical (unpaired) electrons. The van der Waals surface area contributed by atoms with Gasteiger partial charge in [-0.25, -0.2) is 0 Å². The number of hydrogen-bond donors (Lipinski definition) is 0. The molecule has 1 saturated heterocycles. The highest BCUT2D eigenvalue weighted by molar-refractivity contribution is 7.80. The van der Waals surface area contributed by atoms with Crippen molar-refractivity contribution in [3.05, 3.63) is 0 Å². The molecule has 4 nitrogen and oxygen atoms in total. The molecule has 5 heteroatoms. The van der Waals surface area contributed by atoms with E-state index >= 15 is 0 Å². The van der Waals surface area contributed by atoms with Crippen LogP contribution in [-0.2, 0) is 0 Å². The lowest BCUT2D eigenvalue weighted by Crippen LogP contribution is -2.32. The third-order valence-corrected chi connectivity index (χ3v) is 2.68. The van der Waals surface area contributed by atoms with Crippen LogP contribution in [-0.4, -0.2) is 41.1 Å². The lowest BCUT2D eigenvalue weighted by Gasteiger charge is -2.19. The zero-order valence-electron chi connectivity index (χ0n) is 7.94. The minimum Gasteiger partial charge on any atom is -0.346 e. The van der Waals surface area contributed by atoms with Crippen molar-refractivity contribution >= 4 is 17.3 Å². The van der Waals surface area contributed by atoms with Crippen LogP contribution in [0.5, 0.6) is 0 Å². The van der Waals surface area contributed by atoms with Crippen LogP contribution >= 0.6 is 12.2 Å². The summed E-state index contributed by atoms with van der Waals surface area (Å²) >= 11 is 5.22. The predicted molar refractivity (Wildman–Crippen MR) is 56.2 cm³/mol. The minimum absolute atomic E-state index is 0.506. The summed E-state index contributed by atoms with van der Waals surface area (Å²) in [6.45, 7) is 3.18. The molecule has 1 heterocycles. The van der Waals surface area contributed by atoms with Crippen molar-refractivity contribution < 1.29 is 0 Å². The Kier molecular flexibility index (Phi) is 4.15. The van der Waals surface area contributed by atoms with Gasteiger partial charge in [-0.05, 0) is 12.2 Å². The second-order valence-corrected chi connectivity index (χ2v) is 3.44. The Labute approximate surface area is 89.3 Å². The number of nitrogens with zero attached hydrogens (tertiary/aromatic N) is 4. The zero-order chi connectivity index (χ0) is 10.4. The Bertz CT molecular complexity index is 260. The van der Waals surface area contributed by atoms with E-state index in [1.165, 1.54) is 0 Å². The van der Waals surface area contributed by atoms with Gasteiger partial charge in [-0.3, -0.25) is 0 Å². The lowest BCUT2D eigenvalue weighted by atomic mass is 10.4. The summed E-state index contributed by atoms with van der Waals surface area (Å²) in [4.78, 5) is 4.05. The van der Waals surface area contributed by atoms with Crippen molar-refractivity contribution in [2.45, 2.75) is 12.8 Å². The highest BCUT2D eigenvalue weighted by Gasteiger charge is 2.23. The molecule has 1 aliphatic rings. The van der Waals surface area contributed by atoms with E-state index < -0.39 is 0 Å². The molecule has 0 aromatic heterocycles. The first-order valence-corrected chi connectivity index (χ1v) is 4.98. The Balaban J connectivity index is 2.37. The van der Waals surface area contributed by atoms with Gasteiger partial charge in [0.05, 0.1) is 25.0 Å². The molecule has 0 aromatic rings. The molecule has 1 aliphatic heterocycles. The quantitative estimate of drug-likeness (QED) is 0.637. The molecule has 0 amide bonds. The summed E-state index contributed by atoms with van der Waals surface area (Å²) in [7, 11) is 0. The van der Waals surface area contributed by atoms with Gasteiger partial charge in [-0.1, -0.05) is 0 Å². The summed E-state index contributed by atoms with van der Waals surface area (Å²) in [5.74, 6) is 0. The Morgan fingerprint density at radius 2 is 1.50 bits per heavy atom. The number of rotatable bonds is 4. The number of hydrogen-bond acceptors (Lipinski definition) is 3. The van der Waals surface area contributed by atoms with Crippen molar-refractivity contribution in [1.82, 2.24) is 9.80 Å². The van der Waals surface area contributed by atoms with E-state index in [9.17, 15) is 0 Å². The van der Waals surface area contributed by atoms with Gasteiger partial charge < -0.3 is 9.80 Å². The van der Waals surface area contributed by atoms with Gasteiger partial charge in [0.2, 0.25) is 0 Å².